The minimum Gasteiger partial charge on any atom is -0.507 e. The maximum absolute atomic E-state index is 12.2. The van der Waals surface area contributed by atoms with E-state index in [2.05, 4.69) is 20.5 Å². The quantitative estimate of drug-likeness (QED) is 0.0466. The Morgan fingerprint density at radius 1 is 0.429 bits per heavy atom. The maximum atomic E-state index is 12.2. The molecule has 0 amide bonds. The third-order valence-electron chi connectivity index (χ3n) is 8.11. The zero-order valence-electron chi connectivity index (χ0n) is 27.6. The zero-order valence-corrected chi connectivity index (χ0v) is 30.9. The number of hydrogen-bond acceptors (Lipinski definition) is 16. The Bertz CT molecular complexity index is 2940. The summed E-state index contributed by atoms with van der Waals surface area (Å²) in [5, 5.41) is 35.2. The van der Waals surface area contributed by atoms with Gasteiger partial charge in [-0.1, -0.05) is 24.3 Å². The Hall–Kier alpha value is -6.12. The van der Waals surface area contributed by atoms with Crippen molar-refractivity contribution >= 4 is 96.1 Å². The first-order valence-electron chi connectivity index (χ1n) is 15.1. The number of rotatable bonds is 9. The van der Waals surface area contributed by atoms with Crippen molar-refractivity contribution in [3.8, 4) is 22.6 Å². The third kappa shape index (κ3) is 7.84. The Kier molecular flexibility index (Phi) is 9.80. The standard InChI is InChI=1S/C32H24N6O14S4/c33-31-23(13-27(55(47,48)49)21-9-19(53(41,42)43)11-25(39)29(21)31)37-35-17-5-1-15(2-6-17)16-3-7-18(8-4-16)36-38-24-14-28(56(50,51)52)22-10-20(54(44,45)46)12-26(40)30(22)32(24)34/h1-14,39-40H,33-34H2,(H,41,42,43)(H,44,45,46)(H,47,48,49)(H,50,51,52). The molecule has 0 spiro atoms. The molecule has 10 N–H and O–H groups in total. The molecule has 6 rings (SSSR count). The second-order valence-corrected chi connectivity index (χ2v) is 17.4. The van der Waals surface area contributed by atoms with Crippen molar-refractivity contribution in [3.05, 3.63) is 84.9 Å². The van der Waals surface area contributed by atoms with E-state index in [0.717, 1.165) is 12.1 Å². The van der Waals surface area contributed by atoms with Crippen LogP contribution in [0.15, 0.2) is 125 Å². The van der Waals surface area contributed by atoms with Gasteiger partial charge in [0.25, 0.3) is 40.5 Å². The fourth-order valence-corrected chi connectivity index (χ4v) is 7.98. The Morgan fingerprint density at radius 2 is 0.750 bits per heavy atom. The van der Waals surface area contributed by atoms with Gasteiger partial charge in [0, 0.05) is 22.9 Å². The molecule has 0 fully saturated rings. The molecule has 0 aromatic heterocycles. The van der Waals surface area contributed by atoms with E-state index in [1.54, 1.807) is 24.3 Å². The molecule has 0 saturated heterocycles. The molecular weight excluding hydrogens is 821 g/mol. The number of phenols is 2. The van der Waals surface area contributed by atoms with Gasteiger partial charge in [-0.15, -0.1) is 10.2 Å². The lowest BCUT2D eigenvalue weighted by Crippen LogP contribution is -2.04. The van der Waals surface area contributed by atoms with E-state index in [0.29, 0.717) is 35.4 Å². The van der Waals surface area contributed by atoms with Crippen LogP contribution >= 0.6 is 0 Å². The highest BCUT2D eigenvalue weighted by molar-refractivity contribution is 7.87. The molecule has 24 heteroatoms. The summed E-state index contributed by atoms with van der Waals surface area (Å²) in [5.41, 5.74) is 12.8. The van der Waals surface area contributed by atoms with Crippen molar-refractivity contribution in [1.82, 2.24) is 0 Å². The smallest absolute Gasteiger partial charge is 0.295 e. The van der Waals surface area contributed by atoms with Crippen molar-refractivity contribution in [3.63, 3.8) is 0 Å². The fraction of sp³-hybridized carbons (Fsp3) is 0. The van der Waals surface area contributed by atoms with Gasteiger partial charge in [0.2, 0.25) is 0 Å². The second-order valence-electron chi connectivity index (χ2n) is 11.7. The van der Waals surface area contributed by atoms with Crippen molar-refractivity contribution in [1.29, 1.82) is 0 Å². The lowest BCUT2D eigenvalue weighted by atomic mass is 10.1. The SMILES string of the molecule is Nc1c(N=Nc2ccc(-c3ccc(N=Nc4cc(S(=O)(=O)O)c5cc(S(=O)(=O)O)cc(O)c5c4N)cc3)cc2)cc(S(=O)(=O)O)c2cc(S(=O)(=O)O)cc(O)c12. The molecule has 6 aromatic rings. The van der Waals surface area contributed by atoms with Crippen molar-refractivity contribution in [2.24, 2.45) is 20.5 Å². The van der Waals surface area contributed by atoms with E-state index in [1.807, 2.05) is 0 Å². The largest absolute Gasteiger partial charge is 0.507 e. The van der Waals surface area contributed by atoms with Crippen LogP contribution in [0.5, 0.6) is 11.5 Å². The predicted molar refractivity (Wildman–Crippen MR) is 200 cm³/mol. The number of benzene rings is 6. The minimum atomic E-state index is -5.04. The van der Waals surface area contributed by atoms with Crippen LogP contribution in [-0.2, 0) is 40.5 Å². The fourth-order valence-electron chi connectivity index (χ4n) is 5.53. The van der Waals surface area contributed by atoms with Crippen LogP contribution in [0.4, 0.5) is 34.1 Å². The third-order valence-corrected chi connectivity index (χ3v) is 11.6. The molecule has 0 aliphatic carbocycles. The molecular formula is C32H24N6O14S4. The molecule has 20 nitrogen and oxygen atoms in total. The summed E-state index contributed by atoms with van der Waals surface area (Å²) in [5.74, 6) is -1.65. The van der Waals surface area contributed by atoms with Crippen LogP contribution in [-0.4, -0.2) is 62.1 Å². The summed E-state index contributed by atoms with van der Waals surface area (Å²) in [6, 6.07) is 17.0. The number of azo groups is 2. The van der Waals surface area contributed by atoms with E-state index in [-0.39, 0.29) is 44.9 Å². The molecule has 290 valence electrons. The topological polar surface area (TPSA) is 359 Å². The summed E-state index contributed by atoms with van der Waals surface area (Å²) < 4.78 is 134. The van der Waals surface area contributed by atoms with Crippen LogP contribution < -0.4 is 11.5 Å². The van der Waals surface area contributed by atoms with Gasteiger partial charge in [-0.25, -0.2) is 0 Å². The number of nitrogens with two attached hydrogens (primary N) is 2. The average Bonchev–Trinajstić information content (AvgIpc) is 3.09. The molecule has 56 heavy (non-hydrogen) atoms. The number of hydrogen-bond donors (Lipinski definition) is 8. The summed E-state index contributed by atoms with van der Waals surface area (Å²) >= 11 is 0. The molecule has 0 atom stereocenters. The molecule has 6 aromatic carbocycles. The van der Waals surface area contributed by atoms with Gasteiger partial charge in [-0.05, 0) is 59.7 Å². The van der Waals surface area contributed by atoms with E-state index in [4.69, 9.17) is 11.5 Å². The number of aromatic hydroxyl groups is 2. The van der Waals surface area contributed by atoms with Crippen molar-refractivity contribution < 1.29 is 62.1 Å². The highest BCUT2D eigenvalue weighted by Gasteiger charge is 2.25. The number of nitrogens with zero attached hydrogens (tertiary/aromatic N) is 4. The van der Waals surface area contributed by atoms with E-state index in [9.17, 15) is 62.1 Å². The second kappa shape index (κ2) is 13.9. The molecule has 0 unspecified atom stereocenters. The van der Waals surface area contributed by atoms with Crippen LogP contribution in [0.2, 0.25) is 0 Å². The molecule has 0 radical (unpaired) electrons. The first-order chi connectivity index (χ1) is 25.9. The molecule has 0 saturated carbocycles. The van der Waals surface area contributed by atoms with Gasteiger partial charge in [-0.2, -0.15) is 43.9 Å². The van der Waals surface area contributed by atoms with E-state index < -0.39 is 82.3 Å². The number of phenolic OH excluding ortho intramolecular Hbond substituents is 2. The Morgan fingerprint density at radius 3 is 1.04 bits per heavy atom. The first-order valence-corrected chi connectivity index (χ1v) is 20.8. The normalized spacial score (nSPS) is 13.0. The predicted octanol–water partition coefficient (Wildman–Crippen LogP) is 6.05. The molecule has 0 aliphatic heterocycles. The number of nitrogen functional groups attached to an aromatic ring is 2. The first kappa shape index (κ1) is 39.6. The van der Waals surface area contributed by atoms with Gasteiger partial charge in [-0.3, -0.25) is 18.2 Å². The van der Waals surface area contributed by atoms with Crippen LogP contribution in [0.1, 0.15) is 0 Å². The van der Waals surface area contributed by atoms with E-state index in [1.165, 1.54) is 24.3 Å². The summed E-state index contributed by atoms with van der Waals surface area (Å²) in [6.07, 6.45) is 0. The zero-order chi connectivity index (χ0) is 41.1. The van der Waals surface area contributed by atoms with Gasteiger partial charge in [0.15, 0.2) is 0 Å². The molecule has 0 bridgehead atoms. The van der Waals surface area contributed by atoms with Gasteiger partial charge in [0.05, 0.1) is 43.3 Å². The highest BCUT2D eigenvalue weighted by Crippen LogP contribution is 2.44. The van der Waals surface area contributed by atoms with Crippen LogP contribution in [0.3, 0.4) is 0 Å². The lowest BCUT2D eigenvalue weighted by Gasteiger charge is -2.12. The average molecular weight is 845 g/mol. The Labute approximate surface area is 316 Å². The summed E-state index contributed by atoms with van der Waals surface area (Å²) in [7, 11) is -19.9. The van der Waals surface area contributed by atoms with Gasteiger partial charge in [0.1, 0.15) is 32.7 Å². The molecule has 0 aliphatic rings. The number of fused-ring (bicyclic) bond motifs is 2. The van der Waals surface area contributed by atoms with Crippen molar-refractivity contribution in [2.45, 2.75) is 19.6 Å². The summed E-state index contributed by atoms with van der Waals surface area (Å²) in [4.78, 5) is -3.44. The Balaban J connectivity index is 1.27. The van der Waals surface area contributed by atoms with E-state index >= 15 is 0 Å². The minimum absolute atomic E-state index is 0.246. The van der Waals surface area contributed by atoms with Crippen LogP contribution in [0.25, 0.3) is 32.7 Å². The highest BCUT2D eigenvalue weighted by atomic mass is 32.2. The van der Waals surface area contributed by atoms with Crippen molar-refractivity contribution in [2.75, 3.05) is 11.5 Å². The maximum Gasteiger partial charge on any atom is 0.295 e. The van der Waals surface area contributed by atoms with Gasteiger partial charge >= 0.3 is 0 Å². The van der Waals surface area contributed by atoms with Gasteiger partial charge < -0.3 is 21.7 Å². The molecule has 0 heterocycles. The summed E-state index contributed by atoms with van der Waals surface area (Å²) in [6.45, 7) is 0. The van der Waals surface area contributed by atoms with Crippen LogP contribution in [0, 0.1) is 0 Å². The lowest BCUT2D eigenvalue weighted by molar-refractivity contribution is 0.470. The number of anilines is 2. The monoisotopic (exact) mass is 844 g/mol.